The molecule has 0 bridgehead atoms. The van der Waals surface area contributed by atoms with E-state index in [1.807, 2.05) is 36.7 Å². The van der Waals surface area contributed by atoms with Crippen LogP contribution in [0.1, 0.15) is 27.7 Å². The second kappa shape index (κ2) is 8.74. The summed E-state index contributed by atoms with van der Waals surface area (Å²) in [7, 11) is 0. The van der Waals surface area contributed by atoms with Crippen molar-refractivity contribution in [2.45, 2.75) is 27.3 Å². The van der Waals surface area contributed by atoms with Crippen molar-refractivity contribution >= 4 is 61.1 Å². The molecule has 0 aliphatic rings. The smallest absolute Gasteiger partial charge is 0.341 e. The minimum Gasteiger partial charge on any atom is -0.462 e. The van der Waals surface area contributed by atoms with Crippen LogP contribution in [0.25, 0.3) is 20.7 Å². The number of aryl methyl sites for hydroxylation is 1. The van der Waals surface area contributed by atoms with Crippen molar-refractivity contribution in [3.05, 3.63) is 55.6 Å². The van der Waals surface area contributed by atoms with Crippen LogP contribution in [0.2, 0.25) is 0 Å². The van der Waals surface area contributed by atoms with E-state index < -0.39 is 11.9 Å². The standard InChI is InChI=1S/C21H19N3O4S3/c1-4-28-21(27)16-11(2)12(3)31-19(16)23-15(25)8-24-10-22-18-17(20(24)26)13(9-30-18)14-6-5-7-29-14/h5-7,9-10H,4,8H2,1-3H3,(H,23,25). The first-order valence-corrected chi connectivity index (χ1v) is 12.1. The Balaban J connectivity index is 1.62. The summed E-state index contributed by atoms with van der Waals surface area (Å²) < 4.78 is 6.41. The van der Waals surface area contributed by atoms with Crippen molar-refractivity contribution in [2.24, 2.45) is 0 Å². The van der Waals surface area contributed by atoms with E-state index in [9.17, 15) is 14.4 Å². The first-order chi connectivity index (χ1) is 14.9. The molecule has 0 saturated heterocycles. The van der Waals surface area contributed by atoms with Crippen LogP contribution < -0.4 is 10.9 Å². The first-order valence-electron chi connectivity index (χ1n) is 9.48. The van der Waals surface area contributed by atoms with Crippen LogP contribution in [0.4, 0.5) is 5.00 Å². The van der Waals surface area contributed by atoms with Gasteiger partial charge in [-0.2, -0.15) is 0 Å². The topological polar surface area (TPSA) is 90.3 Å². The Labute approximate surface area is 190 Å². The van der Waals surface area contributed by atoms with Gasteiger partial charge in [-0.25, -0.2) is 9.78 Å². The third-order valence-corrected chi connectivity index (χ3v) is 7.69. The zero-order valence-corrected chi connectivity index (χ0v) is 19.5. The lowest BCUT2D eigenvalue weighted by Crippen LogP contribution is -2.28. The maximum absolute atomic E-state index is 13.1. The lowest BCUT2D eigenvalue weighted by Gasteiger charge is -2.09. The molecule has 4 aromatic rings. The Kier molecular flexibility index (Phi) is 6.03. The van der Waals surface area contributed by atoms with Gasteiger partial charge in [-0.3, -0.25) is 14.2 Å². The number of aromatic nitrogens is 2. The Bertz CT molecular complexity index is 1330. The quantitative estimate of drug-likeness (QED) is 0.411. The monoisotopic (exact) mass is 473 g/mol. The van der Waals surface area contributed by atoms with Crippen LogP contribution in [0.5, 0.6) is 0 Å². The minimum absolute atomic E-state index is 0.209. The molecule has 1 N–H and O–H groups in total. The first kappa shape index (κ1) is 21.4. The highest BCUT2D eigenvalue weighted by Gasteiger charge is 2.22. The molecule has 0 aromatic carbocycles. The molecule has 160 valence electrons. The Hall–Kier alpha value is -2.82. The van der Waals surface area contributed by atoms with Gasteiger partial charge in [0.25, 0.3) is 5.56 Å². The number of carbonyl (C=O) groups is 2. The Morgan fingerprint density at radius 2 is 2.06 bits per heavy atom. The normalized spacial score (nSPS) is 11.1. The summed E-state index contributed by atoms with van der Waals surface area (Å²) in [5.74, 6) is -0.887. The van der Waals surface area contributed by atoms with E-state index in [0.29, 0.717) is 20.8 Å². The molecule has 0 aliphatic heterocycles. The fourth-order valence-corrected chi connectivity index (χ4v) is 5.96. The molecule has 0 spiro atoms. The second-order valence-corrected chi connectivity index (χ2v) is 9.77. The molecular formula is C21H19N3O4S3. The lowest BCUT2D eigenvalue weighted by atomic mass is 10.1. The molecule has 0 fully saturated rings. The third-order valence-electron chi connectivity index (χ3n) is 4.78. The highest BCUT2D eigenvalue weighted by atomic mass is 32.1. The van der Waals surface area contributed by atoms with Crippen molar-refractivity contribution < 1.29 is 14.3 Å². The number of fused-ring (bicyclic) bond motifs is 1. The number of nitrogens with zero attached hydrogens (tertiary/aromatic N) is 2. The Morgan fingerprint density at radius 1 is 1.26 bits per heavy atom. The summed E-state index contributed by atoms with van der Waals surface area (Å²) in [5.41, 5.74) is 1.69. The van der Waals surface area contributed by atoms with Gasteiger partial charge >= 0.3 is 5.97 Å². The van der Waals surface area contributed by atoms with E-state index >= 15 is 0 Å². The zero-order chi connectivity index (χ0) is 22.1. The number of hydrogen-bond donors (Lipinski definition) is 1. The van der Waals surface area contributed by atoms with Crippen LogP contribution in [-0.4, -0.2) is 28.0 Å². The summed E-state index contributed by atoms with van der Waals surface area (Å²) in [6.45, 7) is 5.46. The number of esters is 1. The van der Waals surface area contributed by atoms with Gasteiger partial charge in [0, 0.05) is 20.7 Å². The van der Waals surface area contributed by atoms with Crippen LogP contribution in [0.3, 0.4) is 0 Å². The van der Waals surface area contributed by atoms with Crippen molar-refractivity contribution in [2.75, 3.05) is 11.9 Å². The molecule has 0 saturated carbocycles. The number of nitrogens with one attached hydrogen (secondary N) is 1. The van der Waals surface area contributed by atoms with E-state index in [1.165, 1.54) is 33.6 Å². The molecule has 1 amide bonds. The molecule has 4 heterocycles. The van der Waals surface area contributed by atoms with Gasteiger partial charge in [0.2, 0.25) is 5.91 Å². The maximum Gasteiger partial charge on any atom is 0.341 e. The number of carbonyl (C=O) groups excluding carboxylic acids is 2. The van der Waals surface area contributed by atoms with E-state index in [0.717, 1.165) is 20.9 Å². The van der Waals surface area contributed by atoms with Crippen LogP contribution >= 0.6 is 34.0 Å². The number of thiophene rings is 3. The van der Waals surface area contributed by atoms with Crippen molar-refractivity contribution in [3.63, 3.8) is 0 Å². The number of rotatable bonds is 6. The summed E-state index contributed by atoms with van der Waals surface area (Å²) in [5, 5.41) is 7.57. The summed E-state index contributed by atoms with van der Waals surface area (Å²) in [4.78, 5) is 45.1. The van der Waals surface area contributed by atoms with Crippen molar-refractivity contribution in [1.82, 2.24) is 9.55 Å². The molecule has 0 unspecified atom stereocenters. The van der Waals surface area contributed by atoms with Crippen LogP contribution in [0.15, 0.2) is 34.0 Å². The lowest BCUT2D eigenvalue weighted by molar-refractivity contribution is -0.116. The van der Waals surface area contributed by atoms with Gasteiger partial charge in [-0.05, 0) is 37.8 Å². The molecular weight excluding hydrogens is 454 g/mol. The summed E-state index contributed by atoms with van der Waals surface area (Å²) in [6, 6.07) is 3.88. The fraction of sp³-hybridized carbons (Fsp3) is 0.238. The number of anilines is 1. The highest BCUT2D eigenvalue weighted by molar-refractivity contribution is 7.18. The van der Waals surface area contributed by atoms with Gasteiger partial charge in [0.15, 0.2) is 0 Å². The molecule has 7 nitrogen and oxygen atoms in total. The van der Waals surface area contributed by atoms with E-state index in [2.05, 4.69) is 10.3 Å². The number of hydrogen-bond acceptors (Lipinski definition) is 8. The predicted molar refractivity (Wildman–Crippen MR) is 126 cm³/mol. The van der Waals surface area contributed by atoms with E-state index in [4.69, 9.17) is 4.74 Å². The SMILES string of the molecule is CCOC(=O)c1c(NC(=O)Cn2cnc3scc(-c4cccs4)c3c2=O)sc(C)c1C. The van der Waals surface area contributed by atoms with Gasteiger partial charge < -0.3 is 10.1 Å². The summed E-state index contributed by atoms with van der Waals surface area (Å²) >= 11 is 4.26. The van der Waals surface area contributed by atoms with E-state index in [-0.39, 0.29) is 18.7 Å². The molecule has 4 aromatic heterocycles. The predicted octanol–water partition coefficient (Wildman–Crippen LogP) is 4.68. The van der Waals surface area contributed by atoms with Gasteiger partial charge in [-0.15, -0.1) is 34.0 Å². The van der Waals surface area contributed by atoms with Crippen LogP contribution in [-0.2, 0) is 16.1 Å². The molecule has 10 heteroatoms. The fourth-order valence-electron chi connectivity index (χ4n) is 3.18. The van der Waals surface area contributed by atoms with Gasteiger partial charge in [-0.1, -0.05) is 6.07 Å². The van der Waals surface area contributed by atoms with Gasteiger partial charge in [0.05, 0.1) is 23.9 Å². The van der Waals surface area contributed by atoms with E-state index in [1.54, 1.807) is 18.3 Å². The minimum atomic E-state index is -0.473. The molecule has 0 atom stereocenters. The van der Waals surface area contributed by atoms with Crippen LogP contribution in [0, 0.1) is 13.8 Å². The number of amides is 1. The zero-order valence-electron chi connectivity index (χ0n) is 17.1. The number of ether oxygens (including phenoxy) is 1. The van der Waals surface area contributed by atoms with Crippen molar-refractivity contribution in [3.8, 4) is 10.4 Å². The molecule has 0 aliphatic carbocycles. The molecule has 31 heavy (non-hydrogen) atoms. The third kappa shape index (κ3) is 4.06. The highest BCUT2D eigenvalue weighted by Crippen LogP contribution is 2.34. The maximum atomic E-state index is 13.1. The van der Waals surface area contributed by atoms with Gasteiger partial charge in [0.1, 0.15) is 16.4 Å². The van der Waals surface area contributed by atoms with Crippen molar-refractivity contribution in [1.29, 1.82) is 0 Å². The second-order valence-electron chi connectivity index (χ2n) is 6.74. The average molecular weight is 474 g/mol. The molecule has 0 radical (unpaired) electrons. The average Bonchev–Trinajstić information content (AvgIpc) is 3.44. The summed E-state index contributed by atoms with van der Waals surface area (Å²) in [6.07, 6.45) is 1.39. The molecule has 4 rings (SSSR count). The largest absolute Gasteiger partial charge is 0.462 e. The Morgan fingerprint density at radius 3 is 2.77 bits per heavy atom.